The summed E-state index contributed by atoms with van der Waals surface area (Å²) in [6.07, 6.45) is 0.555. The van der Waals surface area contributed by atoms with Crippen molar-refractivity contribution in [2.75, 3.05) is 0 Å². The standard InChI is InChI=1S/C16H21FO4/c1-3-4-9-12-13(18)14-15(19-12)21-16(2,20-14)10-7-5-6-8-11(10)17/h5-8,12-15,18H,3-4,9H2,1-2H3/t12-,13+,14-,15-,16?/m1/s1. The second-order valence-corrected chi connectivity index (χ2v) is 5.80. The number of fused-ring (bicyclic) bond motifs is 1. The van der Waals surface area contributed by atoms with Crippen LogP contribution in [0.2, 0.25) is 0 Å². The van der Waals surface area contributed by atoms with Gasteiger partial charge in [0.2, 0.25) is 0 Å². The first-order valence-electron chi connectivity index (χ1n) is 7.49. The van der Waals surface area contributed by atoms with Gasteiger partial charge in [0.15, 0.2) is 12.1 Å². The highest BCUT2D eigenvalue weighted by Gasteiger charge is 2.56. The summed E-state index contributed by atoms with van der Waals surface area (Å²) in [7, 11) is 0. The number of aliphatic hydroxyl groups excluding tert-OH is 1. The Morgan fingerprint density at radius 3 is 2.71 bits per heavy atom. The molecule has 2 aliphatic rings. The number of hydrogen-bond donors (Lipinski definition) is 1. The maximum absolute atomic E-state index is 13.9. The Kier molecular flexibility index (Phi) is 4.01. The van der Waals surface area contributed by atoms with Crippen LogP contribution >= 0.6 is 0 Å². The van der Waals surface area contributed by atoms with Crippen molar-refractivity contribution in [3.8, 4) is 0 Å². The van der Waals surface area contributed by atoms with Gasteiger partial charge in [-0.25, -0.2) is 4.39 Å². The van der Waals surface area contributed by atoms with Gasteiger partial charge in [-0.2, -0.15) is 0 Å². The molecule has 1 unspecified atom stereocenters. The van der Waals surface area contributed by atoms with Crippen molar-refractivity contribution < 1.29 is 23.7 Å². The molecule has 5 heteroatoms. The fourth-order valence-corrected chi connectivity index (χ4v) is 3.03. The molecule has 2 aliphatic heterocycles. The molecule has 0 spiro atoms. The number of halogens is 1. The van der Waals surface area contributed by atoms with Crippen LogP contribution in [0, 0.1) is 5.82 Å². The van der Waals surface area contributed by atoms with Gasteiger partial charge in [0.1, 0.15) is 18.0 Å². The molecule has 0 amide bonds. The summed E-state index contributed by atoms with van der Waals surface area (Å²) in [5.74, 6) is -1.62. The van der Waals surface area contributed by atoms with Crippen molar-refractivity contribution >= 4 is 0 Å². The van der Waals surface area contributed by atoms with Crippen LogP contribution in [0.3, 0.4) is 0 Å². The summed E-state index contributed by atoms with van der Waals surface area (Å²) in [6.45, 7) is 3.74. The number of rotatable bonds is 4. The largest absolute Gasteiger partial charge is 0.387 e. The number of benzene rings is 1. The molecule has 2 saturated heterocycles. The van der Waals surface area contributed by atoms with Gasteiger partial charge < -0.3 is 19.3 Å². The van der Waals surface area contributed by atoms with Crippen LogP contribution in [0.4, 0.5) is 4.39 Å². The van der Waals surface area contributed by atoms with Crippen LogP contribution < -0.4 is 0 Å². The molecule has 4 nitrogen and oxygen atoms in total. The maximum atomic E-state index is 13.9. The third-order valence-electron chi connectivity index (χ3n) is 4.20. The molecular formula is C16H21FO4. The van der Waals surface area contributed by atoms with Gasteiger partial charge in [0, 0.05) is 5.56 Å². The van der Waals surface area contributed by atoms with E-state index in [1.165, 1.54) is 6.07 Å². The first kappa shape index (κ1) is 14.9. The van der Waals surface area contributed by atoms with E-state index in [0.29, 0.717) is 5.56 Å². The molecule has 3 rings (SSSR count). The quantitative estimate of drug-likeness (QED) is 0.928. The predicted molar refractivity (Wildman–Crippen MR) is 73.9 cm³/mol. The number of unbranched alkanes of at least 4 members (excludes halogenated alkanes) is 1. The van der Waals surface area contributed by atoms with E-state index in [-0.39, 0.29) is 6.10 Å². The van der Waals surface area contributed by atoms with E-state index in [0.717, 1.165) is 19.3 Å². The van der Waals surface area contributed by atoms with Crippen LogP contribution in [0.15, 0.2) is 24.3 Å². The van der Waals surface area contributed by atoms with Crippen molar-refractivity contribution in [1.82, 2.24) is 0 Å². The Morgan fingerprint density at radius 1 is 1.29 bits per heavy atom. The smallest absolute Gasteiger partial charge is 0.198 e. The van der Waals surface area contributed by atoms with E-state index < -0.39 is 30.1 Å². The summed E-state index contributed by atoms with van der Waals surface area (Å²) in [5.41, 5.74) is 0.320. The minimum absolute atomic E-state index is 0.273. The molecule has 5 atom stereocenters. The predicted octanol–water partition coefficient (Wildman–Crippen LogP) is 2.69. The molecule has 2 fully saturated rings. The molecule has 0 aromatic heterocycles. The highest BCUT2D eigenvalue weighted by molar-refractivity contribution is 5.23. The zero-order chi connectivity index (χ0) is 15.0. The van der Waals surface area contributed by atoms with Gasteiger partial charge in [-0.1, -0.05) is 38.0 Å². The van der Waals surface area contributed by atoms with Gasteiger partial charge >= 0.3 is 0 Å². The number of aliphatic hydroxyl groups is 1. The molecule has 0 bridgehead atoms. The lowest BCUT2D eigenvalue weighted by molar-refractivity contribution is -0.233. The topological polar surface area (TPSA) is 47.9 Å². The van der Waals surface area contributed by atoms with Crippen molar-refractivity contribution in [3.63, 3.8) is 0 Å². The van der Waals surface area contributed by atoms with E-state index >= 15 is 0 Å². The van der Waals surface area contributed by atoms with Crippen molar-refractivity contribution in [3.05, 3.63) is 35.6 Å². The van der Waals surface area contributed by atoms with Crippen molar-refractivity contribution in [1.29, 1.82) is 0 Å². The van der Waals surface area contributed by atoms with E-state index in [2.05, 4.69) is 6.92 Å². The molecule has 116 valence electrons. The monoisotopic (exact) mass is 296 g/mol. The fourth-order valence-electron chi connectivity index (χ4n) is 3.03. The van der Waals surface area contributed by atoms with Crippen LogP contribution in [-0.2, 0) is 20.0 Å². The highest BCUT2D eigenvalue weighted by Crippen LogP contribution is 2.44. The SMILES string of the molecule is CCCC[C@H]1O[C@@H]2OC(C)(c3ccccc3F)O[C@@H]2[C@H]1O. The first-order valence-corrected chi connectivity index (χ1v) is 7.49. The minimum atomic E-state index is -1.22. The molecule has 1 N–H and O–H groups in total. The number of ether oxygens (including phenoxy) is 3. The van der Waals surface area contributed by atoms with Crippen LogP contribution in [0.25, 0.3) is 0 Å². The van der Waals surface area contributed by atoms with E-state index in [1.54, 1.807) is 25.1 Å². The summed E-state index contributed by atoms with van der Waals surface area (Å²) < 4.78 is 31.3. The Bertz CT molecular complexity index is 509. The van der Waals surface area contributed by atoms with Gasteiger partial charge in [-0.15, -0.1) is 0 Å². The number of hydrogen-bond acceptors (Lipinski definition) is 4. The van der Waals surface area contributed by atoms with E-state index in [4.69, 9.17) is 14.2 Å². The van der Waals surface area contributed by atoms with Gasteiger partial charge in [0.25, 0.3) is 0 Å². The summed E-state index contributed by atoms with van der Waals surface area (Å²) in [4.78, 5) is 0. The molecule has 1 aromatic carbocycles. The molecular weight excluding hydrogens is 275 g/mol. The second-order valence-electron chi connectivity index (χ2n) is 5.80. The zero-order valence-electron chi connectivity index (χ0n) is 12.3. The molecule has 2 heterocycles. The molecule has 0 aliphatic carbocycles. The molecule has 1 aromatic rings. The van der Waals surface area contributed by atoms with Crippen LogP contribution in [0.1, 0.15) is 38.7 Å². The lowest BCUT2D eigenvalue weighted by atomic mass is 10.0. The van der Waals surface area contributed by atoms with Crippen molar-refractivity contribution in [2.45, 2.75) is 63.5 Å². The zero-order valence-corrected chi connectivity index (χ0v) is 12.3. The third kappa shape index (κ3) is 2.59. The van der Waals surface area contributed by atoms with Crippen LogP contribution in [0.5, 0.6) is 0 Å². The third-order valence-corrected chi connectivity index (χ3v) is 4.20. The molecule has 0 radical (unpaired) electrons. The fraction of sp³-hybridized carbons (Fsp3) is 0.625. The molecule has 0 saturated carbocycles. The first-order chi connectivity index (χ1) is 10.0. The Balaban J connectivity index is 1.75. The average molecular weight is 296 g/mol. The van der Waals surface area contributed by atoms with E-state index in [9.17, 15) is 9.50 Å². The second kappa shape index (κ2) is 5.65. The van der Waals surface area contributed by atoms with Gasteiger partial charge in [-0.3, -0.25) is 0 Å². The Labute approximate surface area is 123 Å². The summed E-state index contributed by atoms with van der Waals surface area (Å²) >= 11 is 0. The van der Waals surface area contributed by atoms with Gasteiger partial charge in [0.05, 0.1) is 6.10 Å². The lowest BCUT2D eigenvalue weighted by Crippen LogP contribution is -2.35. The lowest BCUT2D eigenvalue weighted by Gasteiger charge is -2.27. The summed E-state index contributed by atoms with van der Waals surface area (Å²) in [5, 5.41) is 10.3. The summed E-state index contributed by atoms with van der Waals surface area (Å²) in [6, 6.07) is 6.33. The highest BCUT2D eigenvalue weighted by atomic mass is 19.1. The van der Waals surface area contributed by atoms with Gasteiger partial charge in [-0.05, 0) is 19.4 Å². The Hall–Kier alpha value is -1.01. The Morgan fingerprint density at radius 2 is 2.05 bits per heavy atom. The minimum Gasteiger partial charge on any atom is -0.387 e. The van der Waals surface area contributed by atoms with Crippen LogP contribution in [-0.4, -0.2) is 29.7 Å². The average Bonchev–Trinajstić information content (AvgIpc) is 2.93. The maximum Gasteiger partial charge on any atom is 0.198 e. The normalized spacial score (nSPS) is 38.7. The molecule has 21 heavy (non-hydrogen) atoms. The van der Waals surface area contributed by atoms with E-state index in [1.807, 2.05) is 0 Å². The van der Waals surface area contributed by atoms with Crippen molar-refractivity contribution in [2.24, 2.45) is 0 Å².